The molecule has 0 bridgehead atoms. The molecule has 25 heavy (non-hydrogen) atoms. The molecule has 1 aromatic rings. The Kier molecular flexibility index (Phi) is 5.24. The SMILES string of the molecule is CCOC(=O)C1CC[NH+](CN2C(=O)C(=O)c3c2ccc(C)c3Br)CC1. The summed E-state index contributed by atoms with van der Waals surface area (Å²) in [4.78, 5) is 39.4. The van der Waals surface area contributed by atoms with Crippen molar-refractivity contribution in [2.45, 2.75) is 26.7 Å². The number of hydrogen-bond acceptors (Lipinski definition) is 4. The van der Waals surface area contributed by atoms with E-state index in [1.165, 1.54) is 4.90 Å². The van der Waals surface area contributed by atoms with Crippen LogP contribution in [0.15, 0.2) is 16.6 Å². The van der Waals surface area contributed by atoms with Gasteiger partial charge < -0.3 is 9.64 Å². The van der Waals surface area contributed by atoms with Crippen molar-refractivity contribution in [1.82, 2.24) is 0 Å². The third-order valence-electron chi connectivity index (χ3n) is 4.96. The molecule has 1 N–H and O–H groups in total. The summed E-state index contributed by atoms with van der Waals surface area (Å²) in [6.07, 6.45) is 1.49. The fraction of sp³-hybridized carbons (Fsp3) is 0.500. The number of esters is 1. The van der Waals surface area contributed by atoms with Crippen molar-refractivity contribution < 1.29 is 24.0 Å². The average Bonchev–Trinajstić information content (AvgIpc) is 2.84. The topological polar surface area (TPSA) is 68.1 Å². The number of amides is 1. The molecule has 6 nitrogen and oxygen atoms in total. The number of rotatable bonds is 4. The van der Waals surface area contributed by atoms with Crippen molar-refractivity contribution in [3.05, 3.63) is 27.7 Å². The van der Waals surface area contributed by atoms with E-state index in [1.54, 1.807) is 4.90 Å². The molecular formula is C18H22BrN2O4+. The Bertz CT molecular complexity index is 726. The lowest BCUT2D eigenvalue weighted by Crippen LogP contribution is -3.14. The molecule has 1 saturated heterocycles. The van der Waals surface area contributed by atoms with Crippen molar-refractivity contribution >= 4 is 39.3 Å². The van der Waals surface area contributed by atoms with Gasteiger partial charge in [-0.15, -0.1) is 0 Å². The Morgan fingerprint density at radius 2 is 2.00 bits per heavy atom. The van der Waals surface area contributed by atoms with Crippen molar-refractivity contribution in [1.29, 1.82) is 0 Å². The number of anilines is 1. The van der Waals surface area contributed by atoms with E-state index in [1.807, 2.05) is 26.0 Å². The Morgan fingerprint density at radius 1 is 1.32 bits per heavy atom. The first-order valence-electron chi connectivity index (χ1n) is 8.59. The van der Waals surface area contributed by atoms with Crippen molar-refractivity contribution in [2.75, 3.05) is 31.3 Å². The second-order valence-corrected chi connectivity index (χ2v) is 7.38. The smallest absolute Gasteiger partial charge is 0.309 e. The van der Waals surface area contributed by atoms with Crippen molar-refractivity contribution in [3.63, 3.8) is 0 Å². The van der Waals surface area contributed by atoms with Crippen LogP contribution in [0.1, 0.15) is 35.7 Å². The first-order chi connectivity index (χ1) is 11.9. The predicted octanol–water partition coefficient (Wildman–Crippen LogP) is 1.10. The third kappa shape index (κ3) is 3.35. The standard InChI is InChI=1S/C18H21BrN2O4/c1-3-25-18(24)12-6-8-20(9-7-12)10-21-13-5-4-11(2)15(19)14(13)16(22)17(21)23/h4-5,12H,3,6-10H2,1-2H3/p+1. The summed E-state index contributed by atoms with van der Waals surface area (Å²) in [6, 6.07) is 3.74. The van der Waals surface area contributed by atoms with Crippen LogP contribution in [0, 0.1) is 12.8 Å². The largest absolute Gasteiger partial charge is 0.466 e. The second-order valence-electron chi connectivity index (χ2n) is 6.59. The molecule has 0 unspecified atom stereocenters. The number of halogens is 1. The number of nitrogens with zero attached hydrogens (tertiary/aromatic N) is 1. The van der Waals surface area contributed by atoms with Gasteiger partial charge in [0.05, 0.1) is 36.9 Å². The minimum atomic E-state index is -0.471. The number of carbonyl (C=O) groups is 3. The molecule has 7 heteroatoms. The second kappa shape index (κ2) is 7.25. The van der Waals surface area contributed by atoms with Gasteiger partial charge in [0, 0.05) is 17.3 Å². The minimum absolute atomic E-state index is 0.0521. The van der Waals surface area contributed by atoms with E-state index in [4.69, 9.17) is 4.74 Å². The summed E-state index contributed by atoms with van der Waals surface area (Å²) < 4.78 is 5.79. The number of ether oxygens (including phenoxy) is 1. The van der Waals surface area contributed by atoms with Gasteiger partial charge in [-0.3, -0.25) is 19.3 Å². The van der Waals surface area contributed by atoms with Gasteiger partial charge in [-0.2, -0.15) is 0 Å². The maximum atomic E-state index is 12.4. The van der Waals surface area contributed by atoms with E-state index in [2.05, 4.69) is 15.9 Å². The number of ketones is 1. The molecule has 1 fully saturated rings. The monoisotopic (exact) mass is 409 g/mol. The first-order valence-corrected chi connectivity index (χ1v) is 9.38. The normalized spacial score (nSPS) is 22.9. The number of nitrogens with one attached hydrogen (secondary N) is 1. The van der Waals surface area contributed by atoms with Gasteiger partial charge in [-0.25, -0.2) is 0 Å². The lowest BCUT2D eigenvalue weighted by Gasteiger charge is -2.30. The molecule has 0 atom stereocenters. The lowest BCUT2D eigenvalue weighted by atomic mass is 9.97. The van der Waals surface area contributed by atoms with E-state index in [0.29, 0.717) is 29.0 Å². The van der Waals surface area contributed by atoms with Crippen LogP contribution in [0.4, 0.5) is 5.69 Å². The Labute approximate surface area is 155 Å². The molecule has 0 aromatic heterocycles. The molecule has 3 rings (SSSR count). The van der Waals surface area contributed by atoms with E-state index in [-0.39, 0.29) is 11.9 Å². The highest BCUT2D eigenvalue weighted by Gasteiger charge is 2.40. The van der Waals surface area contributed by atoms with Crippen molar-refractivity contribution in [3.8, 4) is 0 Å². The predicted molar refractivity (Wildman–Crippen MR) is 95.6 cm³/mol. The van der Waals surface area contributed by atoms with Gasteiger partial charge in [0.15, 0.2) is 6.67 Å². The quantitative estimate of drug-likeness (QED) is 0.597. The zero-order chi connectivity index (χ0) is 18.1. The first kappa shape index (κ1) is 18.1. The average molecular weight is 410 g/mol. The summed E-state index contributed by atoms with van der Waals surface area (Å²) in [5, 5.41) is 0. The molecule has 2 aliphatic heterocycles. The van der Waals surface area contributed by atoms with Gasteiger partial charge in [-0.05, 0) is 41.4 Å². The van der Waals surface area contributed by atoms with Crippen LogP contribution >= 0.6 is 15.9 Å². The number of hydrogen-bond donors (Lipinski definition) is 1. The number of carbonyl (C=O) groups excluding carboxylic acids is 3. The van der Waals surface area contributed by atoms with Crippen LogP contribution in [0.5, 0.6) is 0 Å². The fourth-order valence-corrected chi connectivity index (χ4v) is 4.03. The summed E-state index contributed by atoms with van der Waals surface area (Å²) in [7, 11) is 0. The highest BCUT2D eigenvalue weighted by atomic mass is 79.9. The molecule has 2 aliphatic rings. The Balaban J connectivity index is 1.69. The van der Waals surface area contributed by atoms with Crippen LogP contribution in [-0.2, 0) is 14.3 Å². The maximum absolute atomic E-state index is 12.4. The fourth-order valence-electron chi connectivity index (χ4n) is 3.51. The molecular weight excluding hydrogens is 388 g/mol. The highest BCUT2D eigenvalue weighted by molar-refractivity contribution is 9.10. The molecule has 0 saturated carbocycles. The number of quaternary nitrogens is 1. The molecule has 2 heterocycles. The summed E-state index contributed by atoms with van der Waals surface area (Å²) in [6.45, 7) is 6.12. The van der Waals surface area contributed by atoms with Crippen LogP contribution < -0.4 is 9.80 Å². The molecule has 134 valence electrons. The van der Waals surface area contributed by atoms with E-state index < -0.39 is 11.7 Å². The highest BCUT2D eigenvalue weighted by Crippen LogP contribution is 2.35. The van der Waals surface area contributed by atoms with Gasteiger partial charge in [0.2, 0.25) is 0 Å². The Hall–Kier alpha value is -1.73. The summed E-state index contributed by atoms with van der Waals surface area (Å²) in [5.74, 6) is -1.10. The zero-order valence-electron chi connectivity index (χ0n) is 14.4. The van der Waals surface area contributed by atoms with Gasteiger partial charge in [0.1, 0.15) is 0 Å². The molecule has 0 spiro atoms. The van der Waals surface area contributed by atoms with E-state index in [9.17, 15) is 14.4 Å². The minimum Gasteiger partial charge on any atom is -0.466 e. The Morgan fingerprint density at radius 3 is 2.64 bits per heavy atom. The van der Waals surface area contributed by atoms with Gasteiger partial charge in [0.25, 0.3) is 5.78 Å². The van der Waals surface area contributed by atoms with Crippen LogP contribution in [0.3, 0.4) is 0 Å². The number of benzene rings is 1. The number of piperidine rings is 1. The van der Waals surface area contributed by atoms with Gasteiger partial charge in [-0.1, -0.05) is 6.07 Å². The van der Waals surface area contributed by atoms with Crippen LogP contribution in [0.2, 0.25) is 0 Å². The molecule has 0 aliphatic carbocycles. The number of fused-ring (bicyclic) bond motifs is 1. The number of Topliss-reactive ketones (excluding diaryl/α,β-unsaturated/α-hetero) is 1. The molecule has 1 aromatic carbocycles. The third-order valence-corrected chi connectivity index (χ3v) is 5.99. The molecule has 1 amide bonds. The molecule has 0 radical (unpaired) electrons. The summed E-state index contributed by atoms with van der Waals surface area (Å²) in [5.41, 5.74) is 2.07. The zero-order valence-corrected chi connectivity index (χ0v) is 16.0. The maximum Gasteiger partial charge on any atom is 0.309 e. The van der Waals surface area contributed by atoms with E-state index >= 15 is 0 Å². The van der Waals surface area contributed by atoms with Crippen LogP contribution in [-0.4, -0.2) is 44.0 Å². The number of likely N-dealkylation sites (tertiary alicyclic amines) is 1. The van der Waals surface area contributed by atoms with Crippen LogP contribution in [0.25, 0.3) is 0 Å². The van der Waals surface area contributed by atoms with E-state index in [0.717, 1.165) is 31.5 Å². The lowest BCUT2D eigenvalue weighted by molar-refractivity contribution is -0.904. The summed E-state index contributed by atoms with van der Waals surface area (Å²) >= 11 is 3.43. The van der Waals surface area contributed by atoms with Gasteiger partial charge >= 0.3 is 11.9 Å². The van der Waals surface area contributed by atoms with Crippen molar-refractivity contribution in [2.24, 2.45) is 5.92 Å². The number of aryl methyl sites for hydroxylation is 1.